The minimum atomic E-state index is -4.78. The third-order valence-corrected chi connectivity index (χ3v) is 1.89. The summed E-state index contributed by atoms with van der Waals surface area (Å²) in [5, 5.41) is 18.4. The first-order chi connectivity index (χ1) is 5.85. The van der Waals surface area contributed by atoms with Gasteiger partial charge in [0, 0.05) is 19.4 Å². The van der Waals surface area contributed by atoms with Gasteiger partial charge in [0.05, 0.1) is 12.6 Å². The summed E-state index contributed by atoms with van der Waals surface area (Å²) >= 11 is 0. The van der Waals surface area contributed by atoms with E-state index in [2.05, 4.69) is 0 Å². The van der Waals surface area contributed by atoms with E-state index in [1.165, 1.54) is 0 Å². The molecule has 0 atom stereocenters. The largest absolute Gasteiger partial charge is 1.00 e. The number of aliphatic hydroxyl groups is 1. The summed E-state index contributed by atoms with van der Waals surface area (Å²) in [7, 11) is -4.78. The number of carbonyl (C=O) groups is 1. The summed E-state index contributed by atoms with van der Waals surface area (Å²) in [5.41, 5.74) is 0. The van der Waals surface area contributed by atoms with E-state index < -0.39 is 33.0 Å². The van der Waals surface area contributed by atoms with Crippen molar-refractivity contribution in [2.75, 3.05) is 26.0 Å². The van der Waals surface area contributed by atoms with E-state index in [0.29, 0.717) is 0 Å². The third-order valence-electron chi connectivity index (χ3n) is 1.14. The van der Waals surface area contributed by atoms with Crippen molar-refractivity contribution >= 4 is 13.6 Å². The van der Waals surface area contributed by atoms with Gasteiger partial charge in [-0.15, -0.1) is 0 Å². The quantitative estimate of drug-likeness (QED) is 0.377. The molecule has 78 valence electrons. The SMILES string of the molecule is O=C([O-])CN(CCO)CP(=O)([O-])[O-].[Na+].[Na+].[Na+]. The van der Waals surface area contributed by atoms with E-state index in [0.717, 1.165) is 4.90 Å². The van der Waals surface area contributed by atoms with Gasteiger partial charge in [0.15, 0.2) is 0 Å². The third kappa shape index (κ3) is 18.9. The van der Waals surface area contributed by atoms with Crippen molar-refractivity contribution in [2.45, 2.75) is 0 Å². The minimum absolute atomic E-state index is 0. The standard InChI is InChI=1S/C5H12NO6P.3Na/c7-2-1-6(3-5(8)9)4-13(10,11)12;;;/h7H,1-4H2,(H,8,9)(H2,10,11,12);;;/q;3*+1/p-3. The Kier molecular flexibility index (Phi) is 23.5. The maximum atomic E-state index is 10.2. The first-order valence-corrected chi connectivity index (χ1v) is 5.12. The average molecular weight is 279 g/mol. The number of aliphatic carboxylic acids is 1. The molecule has 0 aliphatic carbocycles. The van der Waals surface area contributed by atoms with Gasteiger partial charge in [0.25, 0.3) is 0 Å². The number of rotatable bonds is 6. The van der Waals surface area contributed by atoms with E-state index in [9.17, 15) is 24.3 Å². The van der Waals surface area contributed by atoms with Crippen molar-refractivity contribution in [3.63, 3.8) is 0 Å². The fourth-order valence-electron chi connectivity index (χ4n) is 0.769. The molecule has 0 radical (unpaired) electrons. The molecular formula is C5H9NNa3O6P. The topological polar surface area (TPSA) is 127 Å². The predicted molar refractivity (Wildman–Crippen MR) is 36.1 cm³/mol. The molecule has 0 aliphatic heterocycles. The van der Waals surface area contributed by atoms with Gasteiger partial charge in [-0.1, -0.05) is 7.60 Å². The first kappa shape index (κ1) is 27.0. The Morgan fingerprint density at radius 1 is 1.25 bits per heavy atom. The molecule has 0 spiro atoms. The van der Waals surface area contributed by atoms with Crippen LogP contribution in [-0.4, -0.2) is 42.0 Å². The Balaban J connectivity index is -0.000000240. The van der Waals surface area contributed by atoms with Gasteiger partial charge in [0.1, 0.15) is 0 Å². The van der Waals surface area contributed by atoms with Crippen LogP contribution in [0.4, 0.5) is 0 Å². The van der Waals surface area contributed by atoms with E-state index in [1.807, 2.05) is 0 Å². The van der Waals surface area contributed by atoms with Crippen LogP contribution in [0.3, 0.4) is 0 Å². The molecule has 0 rings (SSSR count). The normalized spacial score (nSPS) is 9.75. The maximum Gasteiger partial charge on any atom is 1.00 e. The van der Waals surface area contributed by atoms with E-state index in [4.69, 9.17) is 5.11 Å². The van der Waals surface area contributed by atoms with Crippen molar-refractivity contribution in [2.24, 2.45) is 0 Å². The van der Waals surface area contributed by atoms with Gasteiger partial charge >= 0.3 is 88.7 Å². The van der Waals surface area contributed by atoms with Crippen LogP contribution in [0.2, 0.25) is 0 Å². The second-order valence-electron chi connectivity index (χ2n) is 2.40. The second-order valence-corrected chi connectivity index (χ2v) is 3.91. The molecule has 0 unspecified atom stereocenters. The van der Waals surface area contributed by atoms with Crippen molar-refractivity contribution in [1.29, 1.82) is 0 Å². The second kappa shape index (κ2) is 14.0. The molecule has 0 aromatic rings. The van der Waals surface area contributed by atoms with Crippen LogP contribution in [-0.2, 0) is 9.36 Å². The van der Waals surface area contributed by atoms with Crippen molar-refractivity contribution in [3.05, 3.63) is 0 Å². The van der Waals surface area contributed by atoms with Crippen LogP contribution in [0.15, 0.2) is 0 Å². The molecule has 16 heavy (non-hydrogen) atoms. The van der Waals surface area contributed by atoms with E-state index in [-0.39, 0.29) is 95.2 Å². The summed E-state index contributed by atoms with van der Waals surface area (Å²) in [4.78, 5) is 31.3. The van der Waals surface area contributed by atoms with Crippen LogP contribution in [0.5, 0.6) is 0 Å². The Hall–Kier alpha value is 2.54. The van der Waals surface area contributed by atoms with Crippen molar-refractivity contribution in [3.8, 4) is 0 Å². The fourth-order valence-corrected chi connectivity index (χ4v) is 1.50. The van der Waals surface area contributed by atoms with Gasteiger partial charge < -0.3 is 29.4 Å². The molecule has 1 N–H and O–H groups in total. The van der Waals surface area contributed by atoms with Gasteiger partial charge in [0.2, 0.25) is 0 Å². The predicted octanol–water partition coefficient (Wildman–Crippen LogP) is -13.1. The number of carbonyl (C=O) groups excluding carboxylic acids is 1. The van der Waals surface area contributed by atoms with Crippen molar-refractivity contribution < 1.29 is 118 Å². The average Bonchev–Trinajstić information content (AvgIpc) is 1.81. The van der Waals surface area contributed by atoms with E-state index in [1.54, 1.807) is 0 Å². The zero-order valence-electron chi connectivity index (χ0n) is 9.71. The van der Waals surface area contributed by atoms with Gasteiger partial charge in [-0.25, -0.2) is 0 Å². The molecule has 0 fully saturated rings. The molecule has 0 saturated carbocycles. The maximum absolute atomic E-state index is 10.2. The van der Waals surface area contributed by atoms with Crippen LogP contribution < -0.4 is 104 Å². The molecule has 0 aromatic carbocycles. The zero-order valence-corrected chi connectivity index (χ0v) is 16.6. The van der Waals surface area contributed by atoms with Crippen LogP contribution >= 0.6 is 7.60 Å². The molecule has 0 saturated heterocycles. The van der Waals surface area contributed by atoms with Crippen LogP contribution in [0, 0.1) is 0 Å². The van der Waals surface area contributed by atoms with Gasteiger partial charge in [-0.05, 0) is 0 Å². The monoisotopic (exact) mass is 279 g/mol. The molecule has 0 bridgehead atoms. The summed E-state index contributed by atoms with van der Waals surface area (Å²) in [6, 6.07) is 0. The number of hydrogen-bond donors (Lipinski definition) is 1. The Bertz CT molecular complexity index is 224. The smallest absolute Gasteiger partial charge is 0.810 e. The van der Waals surface area contributed by atoms with Gasteiger partial charge in [-0.3, -0.25) is 4.90 Å². The van der Waals surface area contributed by atoms with Crippen LogP contribution in [0.25, 0.3) is 0 Å². The summed E-state index contributed by atoms with van der Waals surface area (Å²) in [6.45, 7) is -1.30. The van der Waals surface area contributed by atoms with Gasteiger partial charge in [-0.2, -0.15) is 0 Å². The molecule has 0 aliphatic rings. The number of nitrogens with zero attached hydrogens (tertiary/aromatic N) is 1. The molecule has 7 nitrogen and oxygen atoms in total. The summed E-state index contributed by atoms with van der Waals surface area (Å²) < 4.78 is 10.2. The molecule has 0 heterocycles. The number of hydrogen-bond acceptors (Lipinski definition) is 7. The van der Waals surface area contributed by atoms with Crippen molar-refractivity contribution in [1.82, 2.24) is 4.90 Å². The Morgan fingerprint density at radius 3 is 1.94 bits per heavy atom. The minimum Gasteiger partial charge on any atom is -0.810 e. The summed E-state index contributed by atoms with van der Waals surface area (Å²) in [5.74, 6) is -1.50. The zero-order chi connectivity index (χ0) is 10.5. The molecular weight excluding hydrogens is 270 g/mol. The van der Waals surface area contributed by atoms with E-state index >= 15 is 0 Å². The number of carboxylic acids is 1. The number of carboxylic acid groups (broad SMARTS) is 1. The Morgan fingerprint density at radius 2 is 1.69 bits per heavy atom. The molecule has 0 amide bonds. The fraction of sp³-hybridized carbons (Fsp3) is 0.800. The molecule has 0 aromatic heterocycles. The molecule has 11 heteroatoms. The van der Waals surface area contributed by atoms with Crippen LogP contribution in [0.1, 0.15) is 0 Å². The number of aliphatic hydroxyl groups excluding tert-OH is 1. The summed E-state index contributed by atoms with van der Waals surface area (Å²) in [6.07, 6.45) is -0.915. The first-order valence-electron chi connectivity index (χ1n) is 3.39. The Labute approximate surface area is 160 Å².